The highest BCUT2D eigenvalue weighted by Crippen LogP contribution is 2.38. The number of aromatic nitrogens is 1. The van der Waals surface area contributed by atoms with Crippen LogP contribution in [0.1, 0.15) is 50.8 Å². The van der Waals surface area contributed by atoms with Crippen LogP contribution in [0, 0.1) is 17.7 Å². The lowest BCUT2D eigenvalue weighted by Gasteiger charge is -2.34. The van der Waals surface area contributed by atoms with Crippen LogP contribution in [0.15, 0.2) is 18.3 Å². The zero-order chi connectivity index (χ0) is 13.0. The Morgan fingerprint density at radius 2 is 2.33 bits per heavy atom. The lowest BCUT2D eigenvalue weighted by Crippen LogP contribution is -2.30. The van der Waals surface area contributed by atoms with E-state index in [1.54, 1.807) is 12.3 Å². The Hall–Kier alpha value is -0.960. The van der Waals surface area contributed by atoms with Gasteiger partial charge < -0.3 is 5.32 Å². The second-order valence-corrected chi connectivity index (χ2v) is 5.34. The van der Waals surface area contributed by atoms with Crippen molar-refractivity contribution in [3.8, 4) is 0 Å². The van der Waals surface area contributed by atoms with Gasteiger partial charge in [-0.3, -0.25) is 4.98 Å². The quantitative estimate of drug-likeness (QED) is 0.881. The first kappa shape index (κ1) is 13.5. The Morgan fingerprint density at radius 1 is 1.50 bits per heavy atom. The first-order valence-electron chi connectivity index (χ1n) is 7.04. The van der Waals surface area contributed by atoms with Gasteiger partial charge in [0, 0.05) is 6.20 Å². The molecule has 2 nitrogen and oxygen atoms in total. The van der Waals surface area contributed by atoms with E-state index in [0.29, 0.717) is 11.6 Å². The standard InChI is InChI=1S/C15H23FN2/c1-3-11-6-4-7-12(10-11)14(17-2)15-13(16)8-5-9-18-15/h5,8-9,11-12,14,17H,3-4,6-7,10H2,1-2H3. The molecular formula is C15H23FN2. The Morgan fingerprint density at radius 3 is 3.00 bits per heavy atom. The summed E-state index contributed by atoms with van der Waals surface area (Å²) in [6.07, 6.45) is 7.88. The molecule has 1 N–H and O–H groups in total. The lowest BCUT2D eigenvalue weighted by molar-refractivity contribution is 0.209. The molecule has 100 valence electrons. The Bertz CT molecular complexity index is 381. The molecule has 3 atom stereocenters. The summed E-state index contributed by atoms with van der Waals surface area (Å²) in [6.45, 7) is 2.25. The highest BCUT2D eigenvalue weighted by molar-refractivity contribution is 5.13. The molecule has 1 fully saturated rings. The van der Waals surface area contributed by atoms with Crippen molar-refractivity contribution in [2.24, 2.45) is 11.8 Å². The monoisotopic (exact) mass is 250 g/mol. The van der Waals surface area contributed by atoms with Gasteiger partial charge >= 0.3 is 0 Å². The Balaban J connectivity index is 2.15. The van der Waals surface area contributed by atoms with Gasteiger partial charge in [-0.1, -0.05) is 26.2 Å². The van der Waals surface area contributed by atoms with Crippen molar-refractivity contribution in [2.45, 2.75) is 45.1 Å². The van der Waals surface area contributed by atoms with Gasteiger partial charge in [-0.05, 0) is 43.9 Å². The van der Waals surface area contributed by atoms with E-state index in [-0.39, 0.29) is 11.9 Å². The van der Waals surface area contributed by atoms with Crippen LogP contribution in [0.4, 0.5) is 4.39 Å². The summed E-state index contributed by atoms with van der Waals surface area (Å²) < 4.78 is 13.9. The topological polar surface area (TPSA) is 24.9 Å². The minimum atomic E-state index is -0.185. The van der Waals surface area contributed by atoms with E-state index in [1.807, 2.05) is 7.05 Å². The number of rotatable bonds is 4. The van der Waals surface area contributed by atoms with E-state index >= 15 is 0 Å². The third-order valence-electron chi connectivity index (χ3n) is 4.26. The fraction of sp³-hybridized carbons (Fsp3) is 0.667. The van der Waals surface area contributed by atoms with Gasteiger partial charge in [0.15, 0.2) is 0 Å². The lowest BCUT2D eigenvalue weighted by atomic mass is 9.76. The van der Waals surface area contributed by atoms with E-state index in [2.05, 4.69) is 17.2 Å². The number of pyridine rings is 1. The fourth-order valence-corrected chi connectivity index (χ4v) is 3.23. The number of nitrogens with zero attached hydrogens (tertiary/aromatic N) is 1. The Labute approximate surface area is 109 Å². The summed E-state index contributed by atoms with van der Waals surface area (Å²) in [7, 11) is 1.91. The van der Waals surface area contributed by atoms with Crippen LogP contribution in [0.5, 0.6) is 0 Å². The minimum Gasteiger partial charge on any atom is -0.311 e. The SMILES string of the molecule is CCC1CCCC(C(NC)c2ncccc2F)C1. The molecule has 0 spiro atoms. The van der Waals surface area contributed by atoms with Crippen molar-refractivity contribution in [3.63, 3.8) is 0 Å². The molecule has 0 aromatic carbocycles. The molecule has 3 heteroatoms. The van der Waals surface area contributed by atoms with Crippen LogP contribution >= 0.6 is 0 Å². The third kappa shape index (κ3) is 2.89. The summed E-state index contributed by atoms with van der Waals surface area (Å²) in [5, 5.41) is 3.27. The molecule has 0 bridgehead atoms. The van der Waals surface area contributed by atoms with Crippen molar-refractivity contribution in [2.75, 3.05) is 7.05 Å². The molecule has 18 heavy (non-hydrogen) atoms. The van der Waals surface area contributed by atoms with Crippen molar-refractivity contribution >= 4 is 0 Å². The van der Waals surface area contributed by atoms with Crippen LogP contribution in [0.2, 0.25) is 0 Å². The average Bonchev–Trinajstić information content (AvgIpc) is 2.42. The molecule has 0 saturated heterocycles. The van der Waals surface area contributed by atoms with Crippen LogP contribution in [-0.2, 0) is 0 Å². The zero-order valence-electron chi connectivity index (χ0n) is 11.3. The first-order chi connectivity index (χ1) is 8.76. The summed E-state index contributed by atoms with van der Waals surface area (Å²) in [5.74, 6) is 1.12. The normalized spacial score (nSPS) is 25.9. The summed E-state index contributed by atoms with van der Waals surface area (Å²) in [4.78, 5) is 4.24. The molecule has 0 amide bonds. The third-order valence-corrected chi connectivity index (χ3v) is 4.26. The molecule has 1 aromatic heterocycles. The van der Waals surface area contributed by atoms with Crippen molar-refractivity contribution in [3.05, 3.63) is 29.8 Å². The van der Waals surface area contributed by atoms with Gasteiger partial charge in [-0.15, -0.1) is 0 Å². The van der Waals surface area contributed by atoms with Gasteiger partial charge in [0.25, 0.3) is 0 Å². The van der Waals surface area contributed by atoms with Gasteiger partial charge in [0.05, 0.1) is 11.7 Å². The maximum atomic E-state index is 13.9. The molecule has 0 aliphatic heterocycles. The first-order valence-corrected chi connectivity index (χ1v) is 7.04. The van der Waals surface area contributed by atoms with E-state index in [4.69, 9.17) is 0 Å². The molecule has 1 aromatic rings. The predicted molar refractivity (Wildman–Crippen MR) is 71.7 cm³/mol. The summed E-state index contributed by atoms with van der Waals surface area (Å²) >= 11 is 0. The molecule has 0 radical (unpaired) electrons. The van der Waals surface area contributed by atoms with Gasteiger partial charge in [-0.25, -0.2) is 4.39 Å². The second kappa shape index (κ2) is 6.28. The molecular weight excluding hydrogens is 227 g/mol. The summed E-state index contributed by atoms with van der Waals surface area (Å²) in [5.41, 5.74) is 0.585. The van der Waals surface area contributed by atoms with Gasteiger partial charge in [-0.2, -0.15) is 0 Å². The molecule has 3 unspecified atom stereocenters. The van der Waals surface area contributed by atoms with E-state index < -0.39 is 0 Å². The largest absolute Gasteiger partial charge is 0.311 e. The van der Waals surface area contributed by atoms with Crippen LogP contribution in [0.25, 0.3) is 0 Å². The second-order valence-electron chi connectivity index (χ2n) is 5.34. The smallest absolute Gasteiger partial charge is 0.146 e. The van der Waals surface area contributed by atoms with Crippen molar-refractivity contribution < 1.29 is 4.39 Å². The minimum absolute atomic E-state index is 0.0561. The predicted octanol–water partition coefficient (Wildman–Crippen LogP) is 3.70. The molecule has 1 heterocycles. The zero-order valence-corrected chi connectivity index (χ0v) is 11.3. The summed E-state index contributed by atoms with van der Waals surface area (Å²) in [6, 6.07) is 3.22. The molecule has 1 aliphatic rings. The highest BCUT2D eigenvalue weighted by Gasteiger charge is 2.30. The number of hydrogen-bond donors (Lipinski definition) is 1. The van der Waals surface area contributed by atoms with Crippen molar-refractivity contribution in [1.82, 2.24) is 10.3 Å². The molecule has 1 aliphatic carbocycles. The van der Waals surface area contributed by atoms with Crippen LogP contribution in [0.3, 0.4) is 0 Å². The van der Waals surface area contributed by atoms with E-state index in [9.17, 15) is 4.39 Å². The maximum Gasteiger partial charge on any atom is 0.146 e. The highest BCUT2D eigenvalue weighted by atomic mass is 19.1. The van der Waals surface area contributed by atoms with Crippen molar-refractivity contribution in [1.29, 1.82) is 0 Å². The Kier molecular flexibility index (Phi) is 4.70. The maximum absolute atomic E-state index is 13.9. The van der Waals surface area contributed by atoms with Gasteiger partial charge in [0.1, 0.15) is 5.82 Å². The molecule has 2 rings (SSSR count). The van der Waals surface area contributed by atoms with E-state index in [0.717, 1.165) is 5.92 Å². The van der Waals surface area contributed by atoms with E-state index in [1.165, 1.54) is 38.2 Å². The fourth-order valence-electron chi connectivity index (χ4n) is 3.23. The average molecular weight is 250 g/mol. The molecule has 1 saturated carbocycles. The van der Waals surface area contributed by atoms with Crippen LogP contribution < -0.4 is 5.32 Å². The number of halogens is 1. The number of hydrogen-bond acceptors (Lipinski definition) is 2. The number of nitrogens with one attached hydrogen (secondary N) is 1. The van der Waals surface area contributed by atoms with Gasteiger partial charge in [0.2, 0.25) is 0 Å². The van der Waals surface area contributed by atoms with Crippen LogP contribution in [-0.4, -0.2) is 12.0 Å².